The van der Waals surface area contributed by atoms with E-state index in [0.29, 0.717) is 31.2 Å². The number of ether oxygens (including phenoxy) is 1. The van der Waals surface area contributed by atoms with Crippen molar-refractivity contribution in [3.05, 3.63) is 65.2 Å². The molecule has 0 radical (unpaired) electrons. The molecule has 6 rings (SSSR count). The molecule has 2 saturated heterocycles. The first-order chi connectivity index (χ1) is 15.6. The van der Waals surface area contributed by atoms with Gasteiger partial charge in [0.2, 0.25) is 0 Å². The Kier molecular flexibility index (Phi) is 5.21. The minimum atomic E-state index is -0.498. The summed E-state index contributed by atoms with van der Waals surface area (Å²) in [7, 11) is 0. The first-order valence-corrected chi connectivity index (χ1v) is 12.5. The van der Waals surface area contributed by atoms with Crippen LogP contribution in [0.25, 0.3) is 21.1 Å². The van der Waals surface area contributed by atoms with E-state index < -0.39 is 6.10 Å². The third-order valence-electron chi connectivity index (χ3n) is 7.33. The second-order valence-corrected chi connectivity index (χ2v) is 10.7. The molecule has 2 aromatic carbocycles. The van der Waals surface area contributed by atoms with Crippen LogP contribution in [0.2, 0.25) is 0 Å². The van der Waals surface area contributed by atoms with Crippen LogP contribution in [0.15, 0.2) is 59.2 Å². The standard InChI is InChI=1S/C27H29NO3S/c1-17-11-19-6-5-18(14-27(19)32-17)20-12-21-7-8-22(13-20)28(21)15-23(29)16-31-26-4-2-3-25-24(26)9-10-30-25/h2-6,9-11,14,20-23,29H,7-8,12-13,15-16H2,1H3/t20?,21?,22?,23-/m0/s1. The van der Waals surface area contributed by atoms with Gasteiger partial charge in [-0.1, -0.05) is 18.2 Å². The molecular weight excluding hydrogens is 418 g/mol. The number of thiophene rings is 1. The van der Waals surface area contributed by atoms with Crippen LogP contribution in [0.3, 0.4) is 0 Å². The maximum Gasteiger partial charge on any atom is 0.137 e. The van der Waals surface area contributed by atoms with Crippen molar-refractivity contribution in [1.29, 1.82) is 0 Å². The van der Waals surface area contributed by atoms with E-state index in [2.05, 4.69) is 36.1 Å². The Morgan fingerprint density at radius 3 is 2.81 bits per heavy atom. The second-order valence-electron chi connectivity index (χ2n) is 9.46. The highest BCUT2D eigenvalue weighted by Gasteiger charge is 2.41. The molecule has 3 atom stereocenters. The van der Waals surface area contributed by atoms with Gasteiger partial charge < -0.3 is 14.3 Å². The molecule has 2 fully saturated rings. The molecule has 5 heteroatoms. The molecule has 4 aromatic rings. The lowest BCUT2D eigenvalue weighted by atomic mass is 9.84. The van der Waals surface area contributed by atoms with Crippen LogP contribution in [0, 0.1) is 6.92 Å². The highest BCUT2D eigenvalue weighted by molar-refractivity contribution is 7.19. The maximum absolute atomic E-state index is 10.8. The molecule has 0 amide bonds. The number of rotatable bonds is 6. The molecule has 0 spiro atoms. The summed E-state index contributed by atoms with van der Waals surface area (Å²) in [5.41, 5.74) is 2.31. The zero-order valence-electron chi connectivity index (χ0n) is 18.4. The predicted molar refractivity (Wildman–Crippen MR) is 130 cm³/mol. The zero-order valence-corrected chi connectivity index (χ0v) is 19.2. The van der Waals surface area contributed by atoms with Crippen LogP contribution in [-0.2, 0) is 0 Å². The minimum Gasteiger partial charge on any atom is -0.490 e. The molecule has 2 aliphatic heterocycles. The molecule has 2 aliphatic rings. The van der Waals surface area contributed by atoms with Crippen LogP contribution in [-0.4, -0.2) is 41.3 Å². The van der Waals surface area contributed by atoms with Gasteiger partial charge in [-0.05, 0) is 79.8 Å². The van der Waals surface area contributed by atoms with E-state index in [0.717, 1.165) is 16.7 Å². The molecule has 1 N–H and O–H groups in total. The zero-order chi connectivity index (χ0) is 21.7. The topological polar surface area (TPSA) is 45.8 Å². The number of aliphatic hydroxyl groups is 1. The van der Waals surface area contributed by atoms with Gasteiger partial charge in [0.25, 0.3) is 0 Å². The monoisotopic (exact) mass is 447 g/mol. The number of furan rings is 1. The molecular formula is C27H29NO3S. The SMILES string of the molecule is Cc1cc2ccc(C3CC4CCC(C3)N4C[C@H](O)COc3cccc4occc34)cc2s1. The van der Waals surface area contributed by atoms with Gasteiger partial charge in [-0.15, -0.1) is 11.3 Å². The van der Waals surface area contributed by atoms with Crippen molar-refractivity contribution in [2.24, 2.45) is 0 Å². The first-order valence-electron chi connectivity index (χ1n) is 11.7. The number of aryl methyl sites for hydroxylation is 1. The van der Waals surface area contributed by atoms with E-state index in [-0.39, 0.29) is 0 Å². The normalized spacial score (nSPS) is 24.4. The van der Waals surface area contributed by atoms with Gasteiger partial charge in [-0.2, -0.15) is 0 Å². The molecule has 32 heavy (non-hydrogen) atoms. The number of hydrogen-bond acceptors (Lipinski definition) is 5. The van der Waals surface area contributed by atoms with Crippen LogP contribution in [0.1, 0.15) is 42.0 Å². The van der Waals surface area contributed by atoms with Gasteiger partial charge in [0.05, 0.1) is 11.6 Å². The van der Waals surface area contributed by atoms with Crippen LogP contribution < -0.4 is 4.74 Å². The number of piperidine rings is 1. The summed E-state index contributed by atoms with van der Waals surface area (Å²) < 4.78 is 12.8. The van der Waals surface area contributed by atoms with Crippen LogP contribution in [0.4, 0.5) is 0 Å². The van der Waals surface area contributed by atoms with E-state index in [4.69, 9.17) is 9.15 Å². The quantitative estimate of drug-likeness (QED) is 0.388. The summed E-state index contributed by atoms with van der Waals surface area (Å²) >= 11 is 1.90. The average Bonchev–Trinajstić information content (AvgIpc) is 3.46. The Bertz CT molecular complexity index is 1230. The third kappa shape index (κ3) is 3.72. The highest BCUT2D eigenvalue weighted by atomic mass is 32.1. The molecule has 2 bridgehead atoms. The van der Waals surface area contributed by atoms with Crippen molar-refractivity contribution in [2.45, 2.75) is 56.7 Å². The molecule has 4 heterocycles. The van der Waals surface area contributed by atoms with Crippen LogP contribution >= 0.6 is 11.3 Å². The number of aliphatic hydroxyl groups excluding tert-OH is 1. The summed E-state index contributed by atoms with van der Waals surface area (Å²) in [6.07, 6.45) is 6.03. The van der Waals surface area contributed by atoms with Gasteiger partial charge >= 0.3 is 0 Å². The Balaban J connectivity index is 1.10. The smallest absolute Gasteiger partial charge is 0.137 e. The minimum absolute atomic E-state index is 0.304. The maximum atomic E-state index is 10.8. The lowest BCUT2D eigenvalue weighted by molar-refractivity contribution is 0.0321. The van der Waals surface area contributed by atoms with Crippen molar-refractivity contribution >= 4 is 32.4 Å². The van der Waals surface area contributed by atoms with E-state index in [1.807, 2.05) is 35.6 Å². The number of fused-ring (bicyclic) bond motifs is 4. The highest BCUT2D eigenvalue weighted by Crippen LogP contribution is 2.44. The van der Waals surface area contributed by atoms with Crippen molar-refractivity contribution < 1.29 is 14.3 Å². The molecule has 0 aliphatic carbocycles. The number of benzene rings is 2. The summed E-state index contributed by atoms with van der Waals surface area (Å²) in [6.45, 7) is 3.18. The van der Waals surface area contributed by atoms with Gasteiger partial charge in [-0.25, -0.2) is 0 Å². The number of nitrogens with zero attached hydrogens (tertiary/aromatic N) is 1. The Labute approximate surface area is 192 Å². The predicted octanol–water partition coefficient (Wildman–Crippen LogP) is 6.11. The molecule has 2 unspecified atom stereocenters. The van der Waals surface area contributed by atoms with Crippen molar-refractivity contribution in [2.75, 3.05) is 13.2 Å². The van der Waals surface area contributed by atoms with Gasteiger partial charge in [0.1, 0.15) is 24.0 Å². The van der Waals surface area contributed by atoms with Gasteiger partial charge in [0.15, 0.2) is 0 Å². The van der Waals surface area contributed by atoms with Gasteiger partial charge in [0, 0.05) is 28.2 Å². The van der Waals surface area contributed by atoms with Crippen LogP contribution in [0.5, 0.6) is 5.75 Å². The number of hydrogen-bond donors (Lipinski definition) is 1. The largest absolute Gasteiger partial charge is 0.490 e. The molecule has 166 valence electrons. The van der Waals surface area contributed by atoms with E-state index in [1.54, 1.807) is 6.26 Å². The van der Waals surface area contributed by atoms with Crippen molar-refractivity contribution in [1.82, 2.24) is 4.90 Å². The average molecular weight is 448 g/mol. The van der Waals surface area contributed by atoms with Crippen molar-refractivity contribution in [3.8, 4) is 5.75 Å². The molecule has 0 saturated carbocycles. The lowest BCUT2D eigenvalue weighted by Crippen LogP contribution is -2.47. The fourth-order valence-corrected chi connectivity index (χ4v) is 6.83. The third-order valence-corrected chi connectivity index (χ3v) is 8.34. The Morgan fingerprint density at radius 2 is 1.97 bits per heavy atom. The first kappa shape index (κ1) is 20.3. The summed E-state index contributed by atoms with van der Waals surface area (Å²) in [4.78, 5) is 3.93. The van der Waals surface area contributed by atoms with E-state index in [9.17, 15) is 5.11 Å². The molecule has 4 nitrogen and oxygen atoms in total. The summed E-state index contributed by atoms with van der Waals surface area (Å²) in [5, 5.41) is 13.1. The van der Waals surface area contributed by atoms with E-state index in [1.165, 1.54) is 46.2 Å². The van der Waals surface area contributed by atoms with Crippen molar-refractivity contribution in [3.63, 3.8) is 0 Å². The Morgan fingerprint density at radius 1 is 1.12 bits per heavy atom. The fourth-order valence-electron chi connectivity index (χ4n) is 5.85. The summed E-state index contributed by atoms with van der Waals surface area (Å²) in [5.74, 6) is 1.40. The Hall–Kier alpha value is -2.34. The van der Waals surface area contributed by atoms with E-state index >= 15 is 0 Å². The summed E-state index contributed by atoms with van der Waals surface area (Å²) in [6, 6.07) is 18.2. The van der Waals surface area contributed by atoms with Gasteiger partial charge in [-0.3, -0.25) is 4.90 Å². The molecule has 2 aromatic heterocycles. The lowest BCUT2D eigenvalue weighted by Gasteiger charge is -2.40. The second kappa shape index (κ2) is 8.22. The fraction of sp³-hybridized carbons (Fsp3) is 0.407.